The Morgan fingerprint density at radius 1 is 0.774 bits per heavy atom. The lowest BCUT2D eigenvalue weighted by Gasteiger charge is -2.23. The van der Waals surface area contributed by atoms with Crippen molar-refractivity contribution in [3.8, 4) is 0 Å². The molecule has 12 heteroatoms. The van der Waals surface area contributed by atoms with Crippen molar-refractivity contribution >= 4 is 92.6 Å². The molecule has 0 aliphatic carbocycles. The van der Waals surface area contributed by atoms with Crippen LogP contribution in [0.4, 0.5) is 0 Å². The standard InChI is InChI=1S/C19H16Cl4N4O2S2/c1-26(18(30)12-7-10(20)3-5-14(12)22)24-16(28)9-17(29)25-27(2)19(31)13-8-11(21)4-6-15(13)23/h3-8H,9H2,1-2H3,(H,24,28)(H,25,29). The lowest BCUT2D eigenvalue weighted by Crippen LogP contribution is -2.47. The Kier molecular flexibility index (Phi) is 9.29. The first-order chi connectivity index (χ1) is 14.5. The van der Waals surface area contributed by atoms with Crippen molar-refractivity contribution in [1.29, 1.82) is 0 Å². The van der Waals surface area contributed by atoms with Gasteiger partial charge in [0.2, 0.25) is 11.8 Å². The van der Waals surface area contributed by atoms with Crippen LogP contribution < -0.4 is 10.9 Å². The first-order valence-corrected chi connectivity index (χ1v) is 10.9. The van der Waals surface area contributed by atoms with E-state index in [1.54, 1.807) is 36.4 Å². The van der Waals surface area contributed by atoms with Crippen molar-refractivity contribution in [2.24, 2.45) is 0 Å². The third kappa shape index (κ3) is 7.17. The van der Waals surface area contributed by atoms with Crippen molar-refractivity contribution < 1.29 is 9.59 Å². The van der Waals surface area contributed by atoms with Crippen LogP contribution >= 0.6 is 70.8 Å². The highest BCUT2D eigenvalue weighted by Crippen LogP contribution is 2.23. The summed E-state index contributed by atoms with van der Waals surface area (Å²) in [4.78, 5) is 25.0. The first-order valence-electron chi connectivity index (χ1n) is 8.54. The van der Waals surface area contributed by atoms with Crippen LogP contribution in [0, 0.1) is 0 Å². The molecule has 2 amide bonds. The van der Waals surface area contributed by atoms with E-state index in [1.165, 1.54) is 24.1 Å². The highest BCUT2D eigenvalue weighted by atomic mass is 35.5. The Balaban J connectivity index is 1.93. The summed E-state index contributed by atoms with van der Waals surface area (Å²) in [7, 11) is 3.05. The molecule has 0 bridgehead atoms. The zero-order valence-corrected chi connectivity index (χ0v) is 20.9. The average molecular weight is 538 g/mol. The number of nitrogens with zero attached hydrogens (tertiary/aromatic N) is 2. The third-order valence-electron chi connectivity index (χ3n) is 3.83. The molecular weight excluding hydrogens is 522 g/mol. The zero-order valence-electron chi connectivity index (χ0n) is 16.2. The summed E-state index contributed by atoms with van der Waals surface area (Å²) in [5.74, 6) is -1.19. The summed E-state index contributed by atoms with van der Waals surface area (Å²) in [6, 6.07) is 9.60. The number of carbonyl (C=O) groups is 2. The van der Waals surface area contributed by atoms with Crippen LogP contribution in [-0.4, -0.2) is 45.9 Å². The molecule has 0 saturated carbocycles. The lowest BCUT2D eigenvalue weighted by molar-refractivity contribution is -0.132. The molecule has 0 aliphatic heterocycles. The zero-order chi connectivity index (χ0) is 23.3. The molecule has 2 aromatic rings. The van der Waals surface area contributed by atoms with Crippen molar-refractivity contribution in [1.82, 2.24) is 20.9 Å². The fourth-order valence-corrected chi connectivity index (χ4v) is 3.68. The number of hydrogen-bond donors (Lipinski definition) is 2. The number of thiocarbonyl (C=S) groups is 2. The SMILES string of the molecule is CN(NC(=O)CC(=O)NN(C)C(=S)c1cc(Cl)ccc1Cl)C(=S)c1cc(Cl)ccc1Cl. The molecule has 0 spiro atoms. The van der Waals surface area contributed by atoms with Gasteiger partial charge in [-0.05, 0) is 36.4 Å². The summed E-state index contributed by atoms with van der Waals surface area (Å²) in [5, 5.41) is 4.20. The van der Waals surface area contributed by atoms with Crippen molar-refractivity contribution in [2.45, 2.75) is 6.42 Å². The summed E-state index contributed by atoms with van der Waals surface area (Å²) in [6.45, 7) is 0. The fourth-order valence-electron chi connectivity index (χ4n) is 2.38. The molecule has 0 radical (unpaired) electrons. The Hall–Kier alpha value is -1.68. The number of benzene rings is 2. The Morgan fingerprint density at radius 3 is 1.48 bits per heavy atom. The van der Waals surface area contributed by atoms with E-state index >= 15 is 0 Å². The van der Waals surface area contributed by atoms with Crippen molar-refractivity contribution in [2.75, 3.05) is 14.1 Å². The summed E-state index contributed by atoms with van der Waals surface area (Å²) < 4.78 is 0. The van der Waals surface area contributed by atoms with E-state index in [0.29, 0.717) is 31.2 Å². The Morgan fingerprint density at radius 2 is 1.13 bits per heavy atom. The van der Waals surface area contributed by atoms with Crippen LogP contribution in [0.5, 0.6) is 0 Å². The molecule has 0 fully saturated rings. The highest BCUT2D eigenvalue weighted by molar-refractivity contribution is 7.81. The van der Waals surface area contributed by atoms with Crippen LogP contribution in [-0.2, 0) is 9.59 Å². The van der Waals surface area contributed by atoms with Gasteiger partial charge in [0.25, 0.3) is 0 Å². The number of rotatable bonds is 4. The molecule has 31 heavy (non-hydrogen) atoms. The van der Waals surface area contributed by atoms with Gasteiger partial charge in [-0.1, -0.05) is 70.8 Å². The Bertz CT molecular complexity index is 970. The van der Waals surface area contributed by atoms with Gasteiger partial charge in [-0.15, -0.1) is 0 Å². The number of hydrogen-bond acceptors (Lipinski definition) is 4. The highest BCUT2D eigenvalue weighted by Gasteiger charge is 2.18. The second kappa shape index (κ2) is 11.3. The molecule has 6 nitrogen and oxygen atoms in total. The summed E-state index contributed by atoms with van der Waals surface area (Å²) in [5.41, 5.74) is 5.96. The minimum atomic E-state index is -0.597. The van der Waals surface area contributed by atoms with Gasteiger partial charge in [0.1, 0.15) is 16.4 Å². The quantitative estimate of drug-likeness (QED) is 0.336. The van der Waals surface area contributed by atoms with Gasteiger partial charge in [0, 0.05) is 35.3 Å². The van der Waals surface area contributed by atoms with Gasteiger partial charge < -0.3 is 0 Å². The monoisotopic (exact) mass is 536 g/mol. The largest absolute Gasteiger partial charge is 0.277 e. The lowest BCUT2D eigenvalue weighted by atomic mass is 10.2. The minimum Gasteiger partial charge on any atom is -0.277 e. The number of amides is 2. The van der Waals surface area contributed by atoms with E-state index in [2.05, 4.69) is 10.9 Å². The van der Waals surface area contributed by atoms with Gasteiger partial charge in [-0.25, -0.2) is 0 Å². The molecule has 2 rings (SSSR count). The predicted octanol–water partition coefficient (Wildman–Crippen LogP) is 4.67. The topological polar surface area (TPSA) is 64.7 Å². The molecule has 2 N–H and O–H groups in total. The molecule has 0 aliphatic rings. The number of halogens is 4. The average Bonchev–Trinajstić information content (AvgIpc) is 2.70. The summed E-state index contributed by atoms with van der Waals surface area (Å²) >= 11 is 34.8. The van der Waals surface area contributed by atoms with Gasteiger partial charge in [0.05, 0.1) is 10.0 Å². The van der Waals surface area contributed by atoms with Gasteiger partial charge in [-0.2, -0.15) is 0 Å². The van der Waals surface area contributed by atoms with E-state index in [9.17, 15) is 9.59 Å². The molecular formula is C19H16Cl4N4O2S2. The van der Waals surface area contributed by atoms with E-state index in [-0.39, 0.29) is 9.98 Å². The van der Waals surface area contributed by atoms with Gasteiger partial charge in [0.15, 0.2) is 0 Å². The van der Waals surface area contributed by atoms with Gasteiger partial charge in [-0.3, -0.25) is 30.5 Å². The van der Waals surface area contributed by atoms with Crippen molar-refractivity contribution in [3.63, 3.8) is 0 Å². The molecule has 0 atom stereocenters. The van der Waals surface area contributed by atoms with E-state index in [0.717, 1.165) is 0 Å². The third-order valence-corrected chi connectivity index (χ3v) is 5.95. The second-order valence-corrected chi connectivity index (χ2v) is 8.68. The van der Waals surface area contributed by atoms with Crippen LogP contribution in [0.1, 0.15) is 17.5 Å². The molecule has 0 aromatic heterocycles. The van der Waals surface area contributed by atoms with Gasteiger partial charge >= 0.3 is 0 Å². The fraction of sp³-hybridized carbons (Fsp3) is 0.158. The molecule has 0 saturated heterocycles. The van der Waals surface area contributed by atoms with E-state index in [1.807, 2.05) is 0 Å². The maximum absolute atomic E-state index is 12.2. The van der Waals surface area contributed by atoms with Crippen LogP contribution in [0.2, 0.25) is 20.1 Å². The maximum atomic E-state index is 12.2. The molecule has 164 valence electrons. The maximum Gasteiger partial charge on any atom is 0.248 e. The first kappa shape index (κ1) is 25.6. The van der Waals surface area contributed by atoms with Crippen LogP contribution in [0.25, 0.3) is 0 Å². The van der Waals surface area contributed by atoms with E-state index < -0.39 is 18.2 Å². The molecule has 0 unspecified atom stereocenters. The van der Waals surface area contributed by atoms with Crippen molar-refractivity contribution in [3.05, 3.63) is 67.6 Å². The Labute approximate surface area is 210 Å². The predicted molar refractivity (Wildman–Crippen MR) is 133 cm³/mol. The number of nitrogens with one attached hydrogen (secondary N) is 2. The number of carbonyl (C=O) groups excluding carboxylic acids is 2. The smallest absolute Gasteiger partial charge is 0.248 e. The van der Waals surface area contributed by atoms with Crippen LogP contribution in [0.15, 0.2) is 36.4 Å². The normalized spacial score (nSPS) is 10.3. The van der Waals surface area contributed by atoms with E-state index in [4.69, 9.17) is 70.8 Å². The van der Waals surface area contributed by atoms with Crippen LogP contribution in [0.3, 0.4) is 0 Å². The minimum absolute atomic E-state index is 0.232. The molecule has 2 aromatic carbocycles. The number of hydrazine groups is 2. The molecule has 0 heterocycles. The second-order valence-electron chi connectivity index (χ2n) is 6.22. The summed E-state index contributed by atoms with van der Waals surface area (Å²) in [6.07, 6.45) is -0.480.